The molecular formula is C18H19NO2. The lowest BCUT2D eigenvalue weighted by Crippen LogP contribution is -2.02. The van der Waals surface area contributed by atoms with E-state index >= 15 is 0 Å². The number of hydrogen-bond donors (Lipinski definition) is 1. The Labute approximate surface area is 124 Å². The molecule has 0 amide bonds. The van der Waals surface area contributed by atoms with Crippen LogP contribution in [0.1, 0.15) is 33.5 Å². The predicted molar refractivity (Wildman–Crippen MR) is 82.6 cm³/mol. The molecule has 3 heteroatoms. The van der Waals surface area contributed by atoms with Gasteiger partial charge in [-0.2, -0.15) is 0 Å². The van der Waals surface area contributed by atoms with Crippen LogP contribution >= 0.6 is 0 Å². The molecule has 1 heterocycles. The van der Waals surface area contributed by atoms with Crippen molar-refractivity contribution in [2.24, 2.45) is 5.73 Å². The van der Waals surface area contributed by atoms with E-state index < -0.39 is 0 Å². The summed E-state index contributed by atoms with van der Waals surface area (Å²) < 4.78 is 5.49. The molecule has 3 nitrogen and oxygen atoms in total. The number of ether oxygens (including phenoxy) is 1. The minimum absolute atomic E-state index is 0.176. The van der Waals surface area contributed by atoms with Crippen molar-refractivity contribution in [3.8, 4) is 5.75 Å². The number of Topliss-reactive ketones (excluding diaryl/α,β-unsaturated/α-hetero) is 1. The lowest BCUT2D eigenvalue weighted by molar-refractivity contribution is 0.0983. The van der Waals surface area contributed by atoms with E-state index in [0.29, 0.717) is 13.0 Å². The third-order valence-corrected chi connectivity index (χ3v) is 3.91. The molecule has 0 unspecified atom stereocenters. The van der Waals surface area contributed by atoms with Gasteiger partial charge >= 0.3 is 0 Å². The first kappa shape index (κ1) is 13.8. The Morgan fingerprint density at radius 3 is 2.62 bits per heavy atom. The third-order valence-electron chi connectivity index (χ3n) is 3.91. The van der Waals surface area contributed by atoms with Gasteiger partial charge in [-0.25, -0.2) is 0 Å². The first-order chi connectivity index (χ1) is 10.3. The minimum Gasteiger partial charge on any atom is -0.493 e. The fraction of sp³-hybridized carbons (Fsp3) is 0.278. The largest absolute Gasteiger partial charge is 0.493 e. The number of rotatable bonds is 5. The fourth-order valence-electron chi connectivity index (χ4n) is 2.62. The average Bonchev–Trinajstić information content (AvgIpc) is 3.00. The second-order valence-electron chi connectivity index (χ2n) is 5.36. The molecule has 0 atom stereocenters. The van der Waals surface area contributed by atoms with Crippen molar-refractivity contribution in [2.45, 2.75) is 25.8 Å². The van der Waals surface area contributed by atoms with Crippen LogP contribution in [0.15, 0.2) is 42.5 Å². The number of fused-ring (bicyclic) bond motifs is 1. The van der Waals surface area contributed by atoms with Crippen molar-refractivity contribution < 1.29 is 9.53 Å². The zero-order valence-corrected chi connectivity index (χ0v) is 12.0. The van der Waals surface area contributed by atoms with E-state index in [1.807, 2.05) is 30.3 Å². The van der Waals surface area contributed by atoms with E-state index in [-0.39, 0.29) is 5.78 Å². The summed E-state index contributed by atoms with van der Waals surface area (Å²) in [6.07, 6.45) is 2.27. The van der Waals surface area contributed by atoms with Gasteiger partial charge < -0.3 is 10.5 Å². The Morgan fingerprint density at radius 2 is 1.86 bits per heavy atom. The fourth-order valence-corrected chi connectivity index (χ4v) is 2.62. The molecule has 21 heavy (non-hydrogen) atoms. The van der Waals surface area contributed by atoms with Crippen LogP contribution in [0, 0.1) is 0 Å². The van der Waals surface area contributed by atoms with Gasteiger partial charge in [0.05, 0.1) is 6.61 Å². The van der Waals surface area contributed by atoms with E-state index in [1.54, 1.807) is 0 Å². The number of carbonyl (C=O) groups excluding carboxylic acids is 1. The Morgan fingerprint density at radius 1 is 1.10 bits per heavy atom. The monoisotopic (exact) mass is 281 g/mol. The topological polar surface area (TPSA) is 52.3 Å². The maximum atomic E-state index is 12.2. The number of carbonyl (C=O) groups is 1. The summed E-state index contributed by atoms with van der Waals surface area (Å²) >= 11 is 0. The first-order valence-corrected chi connectivity index (χ1v) is 7.33. The smallest absolute Gasteiger partial charge is 0.163 e. The minimum atomic E-state index is 0.176. The van der Waals surface area contributed by atoms with Crippen molar-refractivity contribution >= 4 is 5.78 Å². The Kier molecular flexibility index (Phi) is 4.02. The normalized spacial score (nSPS) is 12.8. The SMILES string of the molecule is NCc1ccc(C(=O)CCc2ccc3c(c2)CCO3)cc1. The molecule has 0 saturated carbocycles. The van der Waals surface area contributed by atoms with Gasteiger partial charge in [0.1, 0.15) is 5.75 Å². The second-order valence-corrected chi connectivity index (χ2v) is 5.36. The molecule has 2 N–H and O–H groups in total. The summed E-state index contributed by atoms with van der Waals surface area (Å²) in [6, 6.07) is 13.8. The van der Waals surface area contributed by atoms with Gasteiger partial charge in [-0.15, -0.1) is 0 Å². The molecule has 0 radical (unpaired) electrons. The third kappa shape index (κ3) is 3.14. The molecule has 0 aliphatic carbocycles. The lowest BCUT2D eigenvalue weighted by Gasteiger charge is -2.05. The second kappa shape index (κ2) is 6.10. The zero-order chi connectivity index (χ0) is 14.7. The summed E-state index contributed by atoms with van der Waals surface area (Å²) in [7, 11) is 0. The van der Waals surface area contributed by atoms with Crippen molar-refractivity contribution in [1.29, 1.82) is 0 Å². The molecule has 1 aliphatic heterocycles. The van der Waals surface area contributed by atoms with Crippen LogP contribution in [0.25, 0.3) is 0 Å². The van der Waals surface area contributed by atoms with Crippen LogP contribution in [-0.2, 0) is 19.4 Å². The maximum Gasteiger partial charge on any atom is 0.163 e. The van der Waals surface area contributed by atoms with Crippen molar-refractivity contribution in [2.75, 3.05) is 6.61 Å². The summed E-state index contributed by atoms with van der Waals surface area (Å²) in [4.78, 5) is 12.2. The first-order valence-electron chi connectivity index (χ1n) is 7.33. The van der Waals surface area contributed by atoms with Crippen LogP contribution < -0.4 is 10.5 Å². The zero-order valence-electron chi connectivity index (χ0n) is 12.0. The van der Waals surface area contributed by atoms with Crippen LogP contribution in [0.3, 0.4) is 0 Å². The Balaban J connectivity index is 1.62. The molecule has 2 aromatic carbocycles. The van der Waals surface area contributed by atoms with Gasteiger partial charge in [0.25, 0.3) is 0 Å². The molecule has 0 aromatic heterocycles. The Hall–Kier alpha value is -2.13. The number of nitrogens with two attached hydrogens (primary N) is 1. The van der Waals surface area contributed by atoms with Crippen molar-refractivity contribution in [3.05, 3.63) is 64.7 Å². The molecule has 0 bridgehead atoms. The molecule has 2 aromatic rings. The number of aryl methyl sites for hydroxylation is 1. The Bertz CT molecular complexity index is 647. The molecule has 1 aliphatic rings. The molecule has 0 spiro atoms. The highest BCUT2D eigenvalue weighted by atomic mass is 16.5. The number of benzene rings is 2. The molecular weight excluding hydrogens is 262 g/mol. The van der Waals surface area contributed by atoms with Crippen LogP contribution in [-0.4, -0.2) is 12.4 Å². The van der Waals surface area contributed by atoms with Crippen LogP contribution in [0.4, 0.5) is 0 Å². The lowest BCUT2D eigenvalue weighted by atomic mass is 10.00. The van der Waals surface area contributed by atoms with E-state index in [9.17, 15) is 4.79 Å². The standard InChI is InChI=1S/C18H19NO2/c19-12-14-1-5-15(6-2-14)17(20)7-3-13-4-8-18-16(11-13)9-10-21-18/h1-2,4-6,8,11H,3,7,9-10,12,19H2. The summed E-state index contributed by atoms with van der Waals surface area (Å²) in [6.45, 7) is 1.27. The molecule has 3 rings (SSSR count). The predicted octanol–water partition coefficient (Wildman–Crippen LogP) is 2.90. The van der Waals surface area contributed by atoms with Gasteiger partial charge in [-0.1, -0.05) is 36.4 Å². The van der Waals surface area contributed by atoms with Crippen LogP contribution in [0.5, 0.6) is 5.75 Å². The summed E-state index contributed by atoms with van der Waals surface area (Å²) in [5.74, 6) is 1.16. The van der Waals surface area contributed by atoms with Gasteiger partial charge in [-0.05, 0) is 29.2 Å². The summed E-state index contributed by atoms with van der Waals surface area (Å²) in [5, 5.41) is 0. The maximum absolute atomic E-state index is 12.2. The van der Waals surface area contributed by atoms with E-state index in [1.165, 1.54) is 11.1 Å². The highest BCUT2D eigenvalue weighted by Gasteiger charge is 2.13. The molecule has 0 saturated heterocycles. The highest BCUT2D eigenvalue weighted by molar-refractivity contribution is 5.96. The molecule has 0 fully saturated rings. The van der Waals surface area contributed by atoms with Gasteiger partial charge in [0.2, 0.25) is 0 Å². The average molecular weight is 281 g/mol. The number of ketones is 1. The van der Waals surface area contributed by atoms with E-state index in [0.717, 1.165) is 36.3 Å². The van der Waals surface area contributed by atoms with Crippen LogP contribution in [0.2, 0.25) is 0 Å². The van der Waals surface area contributed by atoms with Gasteiger partial charge in [0.15, 0.2) is 5.78 Å². The van der Waals surface area contributed by atoms with Gasteiger partial charge in [-0.3, -0.25) is 4.79 Å². The quantitative estimate of drug-likeness (QED) is 0.857. The van der Waals surface area contributed by atoms with E-state index in [4.69, 9.17) is 10.5 Å². The van der Waals surface area contributed by atoms with E-state index in [2.05, 4.69) is 12.1 Å². The number of hydrogen-bond acceptors (Lipinski definition) is 3. The highest BCUT2D eigenvalue weighted by Crippen LogP contribution is 2.26. The van der Waals surface area contributed by atoms with Crippen molar-refractivity contribution in [1.82, 2.24) is 0 Å². The van der Waals surface area contributed by atoms with Gasteiger partial charge in [0, 0.05) is 24.9 Å². The molecule has 108 valence electrons. The summed E-state index contributed by atoms with van der Waals surface area (Å²) in [5.41, 5.74) is 9.82. The van der Waals surface area contributed by atoms with Crippen molar-refractivity contribution in [3.63, 3.8) is 0 Å².